The number of fused-ring (bicyclic) bond motifs is 3. The van der Waals surface area contributed by atoms with Gasteiger partial charge in [0, 0.05) is 5.39 Å². The van der Waals surface area contributed by atoms with Crippen molar-refractivity contribution in [1.29, 1.82) is 0 Å². The van der Waals surface area contributed by atoms with Crippen LogP contribution in [0, 0.1) is 11.8 Å². The molecule has 2 fully saturated rings. The fourth-order valence-electron chi connectivity index (χ4n) is 4.23. The van der Waals surface area contributed by atoms with Gasteiger partial charge in [-0.05, 0) is 57.4 Å². The van der Waals surface area contributed by atoms with Gasteiger partial charge in [0.05, 0.1) is 11.4 Å². The minimum atomic E-state index is -0.404. The molecule has 1 aromatic carbocycles. The minimum absolute atomic E-state index is 0.0104. The fraction of sp³-hybridized carbons (Fsp3) is 0.526. The molecule has 2 bridgehead atoms. The van der Waals surface area contributed by atoms with Gasteiger partial charge in [-0.3, -0.25) is 4.79 Å². The van der Waals surface area contributed by atoms with Crippen molar-refractivity contribution in [3.05, 3.63) is 40.3 Å². The van der Waals surface area contributed by atoms with Crippen LogP contribution in [-0.2, 0) is 4.74 Å². The van der Waals surface area contributed by atoms with Crippen LogP contribution < -0.4 is 5.56 Å². The van der Waals surface area contributed by atoms with E-state index in [-0.39, 0.29) is 23.4 Å². The third-order valence-corrected chi connectivity index (χ3v) is 5.44. The second kappa shape index (κ2) is 5.72. The number of carbonyl (C=O) groups excluding carboxylic acids is 1. The zero-order valence-electron chi connectivity index (χ0n) is 14.1. The second-order valence-electron chi connectivity index (χ2n) is 7.36. The number of hydrogen-bond acceptors (Lipinski definition) is 4. The van der Waals surface area contributed by atoms with Gasteiger partial charge in [-0.15, -0.1) is 0 Å². The van der Waals surface area contributed by atoms with E-state index < -0.39 is 5.97 Å². The molecule has 24 heavy (non-hydrogen) atoms. The minimum Gasteiger partial charge on any atom is -0.457 e. The van der Waals surface area contributed by atoms with E-state index in [4.69, 9.17) is 4.74 Å². The highest BCUT2D eigenvalue weighted by molar-refractivity contribution is 6.02. The van der Waals surface area contributed by atoms with Gasteiger partial charge in [0.15, 0.2) is 5.69 Å². The Kier molecular flexibility index (Phi) is 3.66. The van der Waals surface area contributed by atoms with Crippen LogP contribution in [0.25, 0.3) is 10.8 Å². The summed E-state index contributed by atoms with van der Waals surface area (Å²) < 4.78 is 7.17. The van der Waals surface area contributed by atoms with Gasteiger partial charge >= 0.3 is 5.97 Å². The molecule has 0 aliphatic heterocycles. The maximum absolute atomic E-state index is 12.8. The second-order valence-corrected chi connectivity index (χ2v) is 7.36. The smallest absolute Gasteiger partial charge is 0.359 e. The van der Waals surface area contributed by atoms with Crippen LogP contribution in [0.4, 0.5) is 0 Å². The maximum Gasteiger partial charge on any atom is 0.359 e. The molecule has 2 aliphatic rings. The zero-order valence-corrected chi connectivity index (χ0v) is 14.1. The van der Waals surface area contributed by atoms with Crippen molar-refractivity contribution in [3.63, 3.8) is 0 Å². The van der Waals surface area contributed by atoms with Gasteiger partial charge in [-0.2, -0.15) is 5.10 Å². The molecule has 126 valence electrons. The molecule has 5 nitrogen and oxygen atoms in total. The average Bonchev–Trinajstić information content (AvgIpc) is 3.18. The van der Waals surface area contributed by atoms with E-state index in [0.717, 1.165) is 12.8 Å². The molecule has 4 rings (SSSR count). The molecule has 0 amide bonds. The SMILES string of the molecule is CC(C)n1nc(C(=O)O[C@@H]2C[C@H]3CC[C@H]2C3)c2ccccc2c1=O. The number of hydrogen-bond donors (Lipinski definition) is 0. The summed E-state index contributed by atoms with van der Waals surface area (Å²) in [5.74, 6) is 0.807. The topological polar surface area (TPSA) is 61.2 Å². The lowest BCUT2D eigenvalue weighted by Crippen LogP contribution is -2.30. The van der Waals surface area contributed by atoms with E-state index in [0.29, 0.717) is 22.6 Å². The van der Waals surface area contributed by atoms with Gasteiger partial charge in [0.2, 0.25) is 0 Å². The first kappa shape index (κ1) is 15.4. The van der Waals surface area contributed by atoms with Crippen LogP contribution in [0.5, 0.6) is 0 Å². The Morgan fingerprint density at radius 3 is 2.58 bits per heavy atom. The molecule has 2 saturated carbocycles. The number of ether oxygens (including phenoxy) is 1. The molecule has 2 aromatic rings. The van der Waals surface area contributed by atoms with Crippen molar-refractivity contribution in [2.45, 2.75) is 51.7 Å². The first-order valence-electron chi connectivity index (χ1n) is 8.77. The Bertz CT molecular complexity index is 855. The zero-order chi connectivity index (χ0) is 16.8. The summed E-state index contributed by atoms with van der Waals surface area (Å²) in [5, 5.41) is 5.42. The van der Waals surface area contributed by atoms with Gasteiger partial charge in [-0.25, -0.2) is 9.48 Å². The van der Waals surface area contributed by atoms with Crippen molar-refractivity contribution < 1.29 is 9.53 Å². The van der Waals surface area contributed by atoms with Crippen LogP contribution in [0.2, 0.25) is 0 Å². The number of benzene rings is 1. The predicted octanol–water partition coefficient (Wildman–Crippen LogP) is 3.32. The monoisotopic (exact) mass is 326 g/mol. The highest BCUT2D eigenvalue weighted by Crippen LogP contribution is 2.46. The molecule has 2 aliphatic carbocycles. The van der Waals surface area contributed by atoms with Gasteiger partial charge in [0.1, 0.15) is 6.10 Å². The lowest BCUT2D eigenvalue weighted by atomic mass is 9.98. The van der Waals surface area contributed by atoms with E-state index in [9.17, 15) is 9.59 Å². The van der Waals surface area contributed by atoms with Crippen molar-refractivity contribution in [2.75, 3.05) is 0 Å². The predicted molar refractivity (Wildman–Crippen MR) is 91.0 cm³/mol. The van der Waals surface area contributed by atoms with Crippen molar-refractivity contribution in [3.8, 4) is 0 Å². The lowest BCUT2D eigenvalue weighted by molar-refractivity contribution is 0.0151. The van der Waals surface area contributed by atoms with Crippen LogP contribution in [0.3, 0.4) is 0 Å². The van der Waals surface area contributed by atoms with Crippen LogP contribution in [0.15, 0.2) is 29.1 Å². The van der Waals surface area contributed by atoms with Gasteiger partial charge < -0.3 is 4.74 Å². The van der Waals surface area contributed by atoms with Crippen molar-refractivity contribution in [1.82, 2.24) is 9.78 Å². The van der Waals surface area contributed by atoms with Crippen LogP contribution in [0.1, 0.15) is 56.1 Å². The number of nitrogens with zero attached hydrogens (tertiary/aromatic N) is 2. The summed E-state index contributed by atoms with van der Waals surface area (Å²) in [6, 6.07) is 7.02. The molecule has 0 saturated heterocycles. The highest BCUT2D eigenvalue weighted by atomic mass is 16.5. The Balaban J connectivity index is 1.73. The molecular formula is C19H22N2O3. The van der Waals surface area contributed by atoms with Gasteiger partial charge in [-0.1, -0.05) is 18.2 Å². The van der Waals surface area contributed by atoms with Crippen molar-refractivity contribution in [2.24, 2.45) is 11.8 Å². The third-order valence-electron chi connectivity index (χ3n) is 5.44. The highest BCUT2D eigenvalue weighted by Gasteiger charge is 2.42. The first-order valence-corrected chi connectivity index (χ1v) is 8.77. The normalized spacial score (nSPS) is 25.5. The Labute approximate surface area is 140 Å². The summed E-state index contributed by atoms with van der Waals surface area (Å²) in [4.78, 5) is 25.3. The van der Waals surface area contributed by atoms with Crippen molar-refractivity contribution >= 4 is 16.7 Å². The van der Waals surface area contributed by atoms with Gasteiger partial charge in [0.25, 0.3) is 5.56 Å². The lowest BCUT2D eigenvalue weighted by Gasteiger charge is -2.22. The number of esters is 1. The largest absolute Gasteiger partial charge is 0.457 e. The van der Waals surface area contributed by atoms with E-state index in [1.165, 1.54) is 17.5 Å². The van der Waals surface area contributed by atoms with Crippen LogP contribution >= 0.6 is 0 Å². The molecule has 0 unspecified atom stereocenters. The van der Waals surface area contributed by atoms with Crippen LogP contribution in [-0.4, -0.2) is 21.9 Å². The Morgan fingerprint density at radius 2 is 1.96 bits per heavy atom. The molecule has 0 spiro atoms. The van der Waals surface area contributed by atoms with E-state index in [1.54, 1.807) is 18.2 Å². The Morgan fingerprint density at radius 1 is 1.21 bits per heavy atom. The van der Waals surface area contributed by atoms with E-state index >= 15 is 0 Å². The quantitative estimate of drug-likeness (QED) is 0.812. The summed E-state index contributed by atoms with van der Waals surface area (Å²) in [5.41, 5.74) is 0.0822. The third kappa shape index (κ3) is 2.43. The van der Waals surface area contributed by atoms with E-state index in [1.807, 2.05) is 19.9 Å². The van der Waals surface area contributed by atoms with E-state index in [2.05, 4.69) is 5.10 Å². The molecular weight excluding hydrogens is 304 g/mol. The standard InChI is InChI=1S/C19H22N2O3/c1-11(2)21-18(22)15-6-4-3-5-14(15)17(20-21)19(23)24-16-10-12-7-8-13(16)9-12/h3-6,11-13,16H,7-10H2,1-2H3/t12-,13-,16+/m0/s1. The number of rotatable bonds is 3. The molecule has 3 atom stereocenters. The molecule has 0 N–H and O–H groups in total. The summed E-state index contributed by atoms with van der Waals surface area (Å²) in [6.45, 7) is 3.77. The summed E-state index contributed by atoms with van der Waals surface area (Å²) in [6.07, 6.45) is 4.58. The summed E-state index contributed by atoms with van der Waals surface area (Å²) in [7, 11) is 0. The molecule has 0 radical (unpaired) electrons. The number of carbonyl (C=O) groups is 1. The Hall–Kier alpha value is -2.17. The molecule has 1 aromatic heterocycles. The molecule has 5 heteroatoms. The average molecular weight is 326 g/mol. The maximum atomic E-state index is 12.8. The first-order chi connectivity index (χ1) is 11.5. The molecule has 1 heterocycles. The summed E-state index contributed by atoms with van der Waals surface area (Å²) >= 11 is 0. The fourth-order valence-corrected chi connectivity index (χ4v) is 4.23. The number of aromatic nitrogens is 2.